The molecule has 2 N–H and O–H groups in total. The monoisotopic (exact) mass is 182 g/mol. The van der Waals surface area contributed by atoms with Crippen LogP contribution in [0.15, 0.2) is 24.3 Å². The summed E-state index contributed by atoms with van der Waals surface area (Å²) in [5.74, 6) is 4.50. The molecule has 0 fully saturated rings. The summed E-state index contributed by atoms with van der Waals surface area (Å²) in [6.45, 7) is 0. The first-order valence-electron chi connectivity index (χ1n) is 3.86. The maximum atomic E-state index is 13.0. The van der Waals surface area contributed by atoms with Crippen molar-refractivity contribution < 1.29 is 9.18 Å². The maximum Gasteiger partial charge on any atom is 0.240 e. The second kappa shape index (κ2) is 4.00. The first-order chi connectivity index (χ1) is 6.11. The Labute approximate surface area is 75.9 Å². The molecular weight excluding hydrogens is 171 g/mol. The van der Waals surface area contributed by atoms with Gasteiger partial charge >= 0.3 is 0 Å². The van der Waals surface area contributed by atoms with E-state index in [0.717, 1.165) is 5.01 Å². The second-order valence-electron chi connectivity index (χ2n) is 2.77. The number of hydrogen-bond acceptors (Lipinski definition) is 2. The number of halogens is 1. The van der Waals surface area contributed by atoms with Gasteiger partial charge in [-0.15, -0.1) is 0 Å². The van der Waals surface area contributed by atoms with Gasteiger partial charge < -0.3 is 0 Å². The summed E-state index contributed by atoms with van der Waals surface area (Å²) in [5.41, 5.74) is 0.366. The summed E-state index contributed by atoms with van der Waals surface area (Å²) in [6.07, 6.45) is -0.000324. The molecule has 0 bridgehead atoms. The molecular formula is C9H11FN2O. The van der Waals surface area contributed by atoms with Gasteiger partial charge in [0.25, 0.3) is 0 Å². The van der Waals surface area contributed by atoms with Gasteiger partial charge in [-0.2, -0.15) is 0 Å². The van der Waals surface area contributed by atoms with Gasteiger partial charge in [0, 0.05) is 7.05 Å². The van der Waals surface area contributed by atoms with Crippen LogP contribution >= 0.6 is 0 Å². The highest BCUT2D eigenvalue weighted by Crippen LogP contribution is 2.07. The molecule has 4 heteroatoms. The maximum absolute atomic E-state index is 13.0. The third kappa shape index (κ3) is 2.52. The molecule has 1 amide bonds. The van der Waals surface area contributed by atoms with Gasteiger partial charge in [-0.25, -0.2) is 10.2 Å². The fraction of sp³-hybridized carbons (Fsp3) is 0.222. The van der Waals surface area contributed by atoms with Crippen molar-refractivity contribution in [3.05, 3.63) is 35.6 Å². The first-order valence-corrected chi connectivity index (χ1v) is 3.86. The lowest BCUT2D eigenvalue weighted by atomic mass is 10.1. The number of hydrazine groups is 1. The topological polar surface area (TPSA) is 46.3 Å². The fourth-order valence-corrected chi connectivity index (χ4v) is 0.929. The molecule has 0 aliphatic rings. The van der Waals surface area contributed by atoms with E-state index in [1.807, 2.05) is 0 Å². The minimum atomic E-state index is -0.377. The van der Waals surface area contributed by atoms with Crippen LogP contribution in [0.5, 0.6) is 0 Å². The molecule has 3 nitrogen and oxygen atoms in total. The van der Waals surface area contributed by atoms with Crippen LogP contribution in [0.4, 0.5) is 4.39 Å². The van der Waals surface area contributed by atoms with Crippen LogP contribution in [-0.2, 0) is 11.2 Å². The predicted octanol–water partition coefficient (Wildman–Crippen LogP) is 0.700. The lowest BCUT2D eigenvalue weighted by Gasteiger charge is -2.09. The molecule has 0 aromatic heterocycles. The standard InChI is InChI=1S/C9H11FN2O/c1-12(11)9(13)6-7-4-2-3-5-8(7)10/h2-5H,6,11H2,1H3. The van der Waals surface area contributed by atoms with E-state index in [0.29, 0.717) is 5.56 Å². The summed E-state index contributed by atoms with van der Waals surface area (Å²) in [5, 5.41) is 0.951. The quantitative estimate of drug-likeness (QED) is 0.416. The highest BCUT2D eigenvalue weighted by molar-refractivity contribution is 5.77. The van der Waals surface area contributed by atoms with Crippen molar-refractivity contribution >= 4 is 5.91 Å². The smallest absolute Gasteiger partial charge is 0.240 e. The summed E-state index contributed by atoms with van der Waals surface area (Å²) in [6, 6.07) is 6.15. The van der Waals surface area contributed by atoms with Gasteiger partial charge in [-0.1, -0.05) is 18.2 Å². The van der Waals surface area contributed by atoms with Crippen LogP contribution in [-0.4, -0.2) is 18.0 Å². The Morgan fingerprint density at radius 3 is 2.69 bits per heavy atom. The van der Waals surface area contributed by atoms with E-state index in [1.165, 1.54) is 13.1 Å². The van der Waals surface area contributed by atoms with E-state index in [2.05, 4.69) is 0 Å². The average molecular weight is 182 g/mol. The van der Waals surface area contributed by atoms with Crippen LogP contribution < -0.4 is 5.84 Å². The zero-order chi connectivity index (χ0) is 9.84. The normalized spacial score (nSPS) is 9.77. The van der Waals surface area contributed by atoms with Crippen molar-refractivity contribution in [2.24, 2.45) is 5.84 Å². The lowest BCUT2D eigenvalue weighted by Crippen LogP contribution is -2.34. The highest BCUT2D eigenvalue weighted by atomic mass is 19.1. The number of carbonyl (C=O) groups is 1. The number of carbonyl (C=O) groups excluding carboxylic acids is 1. The number of likely N-dealkylation sites (N-methyl/N-ethyl adjacent to an activating group) is 1. The molecule has 0 spiro atoms. The van der Waals surface area contributed by atoms with Crippen molar-refractivity contribution in [2.45, 2.75) is 6.42 Å². The molecule has 70 valence electrons. The molecule has 13 heavy (non-hydrogen) atoms. The summed E-state index contributed by atoms with van der Waals surface area (Å²) in [7, 11) is 1.43. The SMILES string of the molecule is CN(N)C(=O)Cc1ccccc1F. The largest absolute Gasteiger partial charge is 0.284 e. The predicted molar refractivity (Wildman–Crippen MR) is 47.1 cm³/mol. The van der Waals surface area contributed by atoms with E-state index in [-0.39, 0.29) is 18.1 Å². The third-order valence-corrected chi connectivity index (χ3v) is 1.69. The van der Waals surface area contributed by atoms with E-state index in [4.69, 9.17) is 5.84 Å². The number of nitrogens with two attached hydrogens (primary N) is 1. The van der Waals surface area contributed by atoms with Gasteiger partial charge in [0.15, 0.2) is 0 Å². The third-order valence-electron chi connectivity index (χ3n) is 1.69. The van der Waals surface area contributed by atoms with Crippen molar-refractivity contribution in [3.8, 4) is 0 Å². The Balaban J connectivity index is 2.75. The second-order valence-corrected chi connectivity index (χ2v) is 2.77. The van der Waals surface area contributed by atoms with E-state index < -0.39 is 0 Å². The molecule has 0 atom stereocenters. The minimum Gasteiger partial charge on any atom is -0.284 e. The molecule has 1 aromatic carbocycles. The molecule has 0 saturated carbocycles. The van der Waals surface area contributed by atoms with Gasteiger partial charge in [0.2, 0.25) is 5.91 Å². The lowest BCUT2D eigenvalue weighted by molar-refractivity contribution is -0.129. The number of benzene rings is 1. The Morgan fingerprint density at radius 2 is 2.15 bits per heavy atom. The molecule has 1 rings (SSSR count). The van der Waals surface area contributed by atoms with Crippen molar-refractivity contribution in [1.82, 2.24) is 5.01 Å². The molecule has 0 aliphatic carbocycles. The van der Waals surface area contributed by atoms with Crippen LogP contribution in [0.25, 0.3) is 0 Å². The van der Waals surface area contributed by atoms with Gasteiger partial charge in [0.1, 0.15) is 5.82 Å². The number of rotatable bonds is 2. The highest BCUT2D eigenvalue weighted by Gasteiger charge is 2.08. The van der Waals surface area contributed by atoms with Crippen molar-refractivity contribution in [3.63, 3.8) is 0 Å². The van der Waals surface area contributed by atoms with Gasteiger partial charge in [-0.3, -0.25) is 9.80 Å². The Kier molecular flexibility index (Phi) is 2.97. The van der Waals surface area contributed by atoms with Gasteiger partial charge in [0.05, 0.1) is 6.42 Å². The summed E-state index contributed by atoms with van der Waals surface area (Å²) < 4.78 is 13.0. The summed E-state index contributed by atoms with van der Waals surface area (Å²) >= 11 is 0. The number of hydrogen-bond donors (Lipinski definition) is 1. The minimum absolute atomic E-state index is 0.000324. The summed E-state index contributed by atoms with van der Waals surface area (Å²) in [4.78, 5) is 11.1. The van der Waals surface area contributed by atoms with Crippen molar-refractivity contribution in [2.75, 3.05) is 7.05 Å². The Morgan fingerprint density at radius 1 is 1.54 bits per heavy atom. The zero-order valence-corrected chi connectivity index (χ0v) is 7.33. The van der Waals surface area contributed by atoms with E-state index in [9.17, 15) is 9.18 Å². The van der Waals surface area contributed by atoms with Crippen LogP contribution in [0.1, 0.15) is 5.56 Å². The molecule has 0 aliphatic heterocycles. The molecule has 0 heterocycles. The zero-order valence-electron chi connectivity index (χ0n) is 7.33. The van der Waals surface area contributed by atoms with Crippen LogP contribution in [0.3, 0.4) is 0 Å². The Hall–Kier alpha value is -1.42. The van der Waals surface area contributed by atoms with E-state index in [1.54, 1.807) is 18.2 Å². The molecule has 0 radical (unpaired) electrons. The average Bonchev–Trinajstić information content (AvgIpc) is 2.08. The number of nitrogens with zero attached hydrogens (tertiary/aromatic N) is 1. The Bertz CT molecular complexity index is 312. The van der Waals surface area contributed by atoms with Crippen molar-refractivity contribution in [1.29, 1.82) is 0 Å². The first kappa shape index (κ1) is 9.67. The van der Waals surface area contributed by atoms with Gasteiger partial charge in [-0.05, 0) is 11.6 Å². The molecule has 1 aromatic rings. The molecule has 0 unspecified atom stereocenters. The van der Waals surface area contributed by atoms with E-state index >= 15 is 0 Å². The number of amides is 1. The molecule has 0 saturated heterocycles. The van der Waals surface area contributed by atoms with Crippen LogP contribution in [0, 0.1) is 5.82 Å². The fourth-order valence-electron chi connectivity index (χ4n) is 0.929. The van der Waals surface area contributed by atoms with Crippen LogP contribution in [0.2, 0.25) is 0 Å².